The van der Waals surface area contributed by atoms with Gasteiger partial charge in [0, 0.05) is 24.8 Å². The molecule has 1 fully saturated rings. The zero-order valence-electron chi connectivity index (χ0n) is 15.4. The van der Waals surface area contributed by atoms with Crippen molar-refractivity contribution >= 4 is 23.4 Å². The maximum Gasteiger partial charge on any atom is 0.262 e. The minimum absolute atomic E-state index is 0.0306. The van der Waals surface area contributed by atoms with Crippen LogP contribution in [0.1, 0.15) is 40.5 Å². The van der Waals surface area contributed by atoms with Crippen molar-refractivity contribution in [3.05, 3.63) is 11.6 Å². The Kier molecular flexibility index (Phi) is 6.11. The lowest BCUT2D eigenvalue weighted by atomic mass is 9.88. The summed E-state index contributed by atoms with van der Waals surface area (Å²) in [5, 5.41) is 2.96. The first kappa shape index (κ1) is 19.3. The molecule has 138 valence electrons. The first-order valence-corrected chi connectivity index (χ1v) is 8.82. The third-order valence-corrected chi connectivity index (χ3v) is 5.01. The molecule has 1 saturated heterocycles. The van der Waals surface area contributed by atoms with Crippen LogP contribution in [0.25, 0.3) is 0 Å². The second-order valence-corrected chi connectivity index (χ2v) is 7.16. The first-order chi connectivity index (χ1) is 11.7. The van der Waals surface area contributed by atoms with E-state index in [1.165, 1.54) is 0 Å². The molecule has 3 atom stereocenters. The van der Waals surface area contributed by atoms with Gasteiger partial charge in [-0.1, -0.05) is 0 Å². The van der Waals surface area contributed by atoms with Crippen LogP contribution in [0, 0.1) is 11.8 Å². The Labute approximate surface area is 148 Å². The van der Waals surface area contributed by atoms with Crippen LogP contribution in [0.4, 0.5) is 0 Å². The molecule has 7 heteroatoms. The third-order valence-electron chi connectivity index (χ3n) is 5.01. The lowest BCUT2D eigenvalue weighted by molar-refractivity contribution is -0.135. The predicted octanol–water partition coefficient (Wildman–Crippen LogP) is 0.641. The highest BCUT2D eigenvalue weighted by molar-refractivity contribution is 6.13. The van der Waals surface area contributed by atoms with Gasteiger partial charge in [0.2, 0.25) is 11.8 Å². The summed E-state index contributed by atoms with van der Waals surface area (Å²) in [6, 6.07) is -0.544. The monoisotopic (exact) mass is 348 g/mol. The first-order valence-electron chi connectivity index (χ1n) is 8.82. The fourth-order valence-electron chi connectivity index (χ4n) is 3.53. The molecule has 2 heterocycles. The standard InChI is InChI=1S/C18H28N4O3/c1-10-9-11(2)20-16(23)15(10)17(24)21-13(4)14-5-7-22(8-6-14)18(25)12(3)19/h9,12-15H,5-8,19H2,1-4H3,(H,21,24)/t12-,13?,15?/m0/s1. The number of likely N-dealkylation sites (tertiary alicyclic amines) is 1. The minimum Gasteiger partial charge on any atom is -0.352 e. The van der Waals surface area contributed by atoms with Gasteiger partial charge in [-0.25, -0.2) is 4.99 Å². The number of allylic oxidation sites excluding steroid dienone is 1. The highest BCUT2D eigenvalue weighted by Gasteiger charge is 2.33. The molecule has 0 aromatic rings. The van der Waals surface area contributed by atoms with Gasteiger partial charge in [0.15, 0.2) is 0 Å². The van der Waals surface area contributed by atoms with E-state index in [2.05, 4.69) is 10.3 Å². The lowest BCUT2D eigenvalue weighted by Gasteiger charge is -2.36. The summed E-state index contributed by atoms with van der Waals surface area (Å²) in [5.41, 5.74) is 7.00. The Hall–Kier alpha value is -2.02. The Morgan fingerprint density at radius 2 is 1.88 bits per heavy atom. The summed E-state index contributed by atoms with van der Waals surface area (Å²) < 4.78 is 0. The minimum atomic E-state index is -0.828. The molecule has 0 aliphatic carbocycles. The quantitative estimate of drug-likeness (QED) is 0.727. The molecule has 2 unspecified atom stereocenters. The van der Waals surface area contributed by atoms with Crippen LogP contribution in [-0.2, 0) is 14.4 Å². The van der Waals surface area contributed by atoms with E-state index >= 15 is 0 Å². The van der Waals surface area contributed by atoms with E-state index in [1.54, 1.807) is 31.7 Å². The SMILES string of the molecule is CC1=CC(C)=NC(=O)C1C(=O)NC(C)C1CCN(C(=O)[C@H](C)N)CC1. The van der Waals surface area contributed by atoms with Gasteiger partial charge in [0.05, 0.1) is 6.04 Å². The molecular weight excluding hydrogens is 320 g/mol. The highest BCUT2D eigenvalue weighted by Crippen LogP contribution is 2.23. The van der Waals surface area contributed by atoms with E-state index in [4.69, 9.17) is 5.73 Å². The summed E-state index contributed by atoms with van der Waals surface area (Å²) >= 11 is 0. The summed E-state index contributed by atoms with van der Waals surface area (Å²) in [6.45, 7) is 8.47. The Bertz CT molecular complexity index is 616. The number of carbonyl (C=O) groups is 3. The van der Waals surface area contributed by atoms with Gasteiger partial charge in [-0.2, -0.15) is 0 Å². The number of dihydropyridines is 1. The molecule has 0 bridgehead atoms. The number of amides is 3. The number of aliphatic imine (C=N–C) groups is 1. The molecule has 0 saturated carbocycles. The van der Waals surface area contributed by atoms with Crippen LogP contribution in [-0.4, -0.2) is 53.5 Å². The van der Waals surface area contributed by atoms with E-state index in [0.717, 1.165) is 18.4 Å². The zero-order chi connectivity index (χ0) is 18.7. The largest absolute Gasteiger partial charge is 0.352 e. The molecule has 0 aromatic heterocycles. The van der Waals surface area contributed by atoms with E-state index in [9.17, 15) is 14.4 Å². The van der Waals surface area contributed by atoms with E-state index in [1.807, 2.05) is 6.92 Å². The lowest BCUT2D eigenvalue weighted by Crippen LogP contribution is -2.50. The number of nitrogens with zero attached hydrogens (tertiary/aromatic N) is 2. The van der Waals surface area contributed by atoms with Crippen LogP contribution in [0.3, 0.4) is 0 Å². The van der Waals surface area contributed by atoms with Crippen LogP contribution in [0.5, 0.6) is 0 Å². The van der Waals surface area contributed by atoms with Crippen molar-refractivity contribution in [3.63, 3.8) is 0 Å². The summed E-state index contributed by atoms with van der Waals surface area (Å²) in [5.74, 6) is -1.28. The number of carbonyl (C=O) groups excluding carboxylic acids is 3. The Balaban J connectivity index is 1.90. The molecule has 0 spiro atoms. The summed E-state index contributed by atoms with van der Waals surface area (Å²) in [7, 11) is 0. The van der Waals surface area contributed by atoms with Crippen molar-refractivity contribution in [2.75, 3.05) is 13.1 Å². The van der Waals surface area contributed by atoms with Gasteiger partial charge in [-0.3, -0.25) is 14.4 Å². The molecule has 0 radical (unpaired) electrons. The molecular formula is C18H28N4O3. The van der Waals surface area contributed by atoms with Gasteiger partial charge >= 0.3 is 0 Å². The van der Waals surface area contributed by atoms with Gasteiger partial charge < -0.3 is 16.0 Å². The van der Waals surface area contributed by atoms with Crippen molar-refractivity contribution in [1.29, 1.82) is 0 Å². The summed E-state index contributed by atoms with van der Waals surface area (Å²) in [6.07, 6.45) is 3.39. The Morgan fingerprint density at radius 3 is 2.40 bits per heavy atom. The van der Waals surface area contributed by atoms with E-state index in [-0.39, 0.29) is 23.8 Å². The van der Waals surface area contributed by atoms with Crippen LogP contribution >= 0.6 is 0 Å². The van der Waals surface area contributed by atoms with Crippen molar-refractivity contribution < 1.29 is 14.4 Å². The third kappa shape index (κ3) is 4.54. The van der Waals surface area contributed by atoms with Crippen LogP contribution in [0.2, 0.25) is 0 Å². The fraction of sp³-hybridized carbons (Fsp3) is 0.667. The smallest absolute Gasteiger partial charge is 0.262 e. The van der Waals surface area contributed by atoms with E-state index < -0.39 is 17.9 Å². The number of rotatable bonds is 4. The Morgan fingerprint density at radius 1 is 1.28 bits per heavy atom. The molecule has 3 N–H and O–H groups in total. The number of hydrogen-bond acceptors (Lipinski definition) is 4. The molecule has 0 aromatic carbocycles. The number of piperidine rings is 1. The van der Waals surface area contributed by atoms with Crippen LogP contribution in [0.15, 0.2) is 16.6 Å². The van der Waals surface area contributed by atoms with Crippen molar-refractivity contribution in [1.82, 2.24) is 10.2 Å². The highest BCUT2D eigenvalue weighted by atomic mass is 16.2. The second-order valence-electron chi connectivity index (χ2n) is 7.16. The maximum absolute atomic E-state index is 12.5. The molecule has 3 amide bonds. The summed E-state index contributed by atoms with van der Waals surface area (Å²) in [4.78, 5) is 42.2. The normalized spacial score (nSPS) is 24.3. The zero-order valence-corrected chi connectivity index (χ0v) is 15.4. The fourth-order valence-corrected chi connectivity index (χ4v) is 3.53. The number of hydrogen-bond donors (Lipinski definition) is 2. The van der Waals surface area contributed by atoms with Crippen LogP contribution < -0.4 is 11.1 Å². The average Bonchev–Trinajstić information content (AvgIpc) is 2.53. The number of nitrogens with one attached hydrogen (secondary N) is 1. The molecule has 2 rings (SSSR count). The second kappa shape index (κ2) is 7.91. The van der Waals surface area contributed by atoms with Gasteiger partial charge in [-0.05, 0) is 58.1 Å². The van der Waals surface area contributed by atoms with Crippen molar-refractivity contribution in [2.45, 2.75) is 52.6 Å². The molecule has 7 nitrogen and oxygen atoms in total. The van der Waals surface area contributed by atoms with Crippen molar-refractivity contribution in [3.8, 4) is 0 Å². The maximum atomic E-state index is 12.5. The number of nitrogens with two attached hydrogens (primary N) is 1. The average molecular weight is 348 g/mol. The molecule has 2 aliphatic heterocycles. The molecule has 2 aliphatic rings. The van der Waals surface area contributed by atoms with Gasteiger partial charge in [0.1, 0.15) is 5.92 Å². The van der Waals surface area contributed by atoms with Gasteiger partial charge in [-0.15, -0.1) is 0 Å². The predicted molar refractivity (Wildman–Crippen MR) is 95.9 cm³/mol. The van der Waals surface area contributed by atoms with Gasteiger partial charge in [0.25, 0.3) is 5.91 Å². The van der Waals surface area contributed by atoms with E-state index in [0.29, 0.717) is 18.8 Å². The molecule has 25 heavy (non-hydrogen) atoms. The topological polar surface area (TPSA) is 105 Å². The van der Waals surface area contributed by atoms with Crippen molar-refractivity contribution in [2.24, 2.45) is 22.6 Å².